The molecule has 0 heterocycles. The second-order valence-electron chi connectivity index (χ2n) is 7.76. The van der Waals surface area contributed by atoms with Crippen LogP contribution in [-0.2, 0) is 14.8 Å². The van der Waals surface area contributed by atoms with Gasteiger partial charge in [0.05, 0.1) is 4.90 Å². The van der Waals surface area contributed by atoms with Crippen molar-refractivity contribution in [2.45, 2.75) is 102 Å². The molecule has 0 bridgehead atoms. The van der Waals surface area contributed by atoms with E-state index in [2.05, 4.69) is 17.0 Å². The number of nitrogens with one attached hydrogen (secondary N) is 2. The summed E-state index contributed by atoms with van der Waals surface area (Å²) in [6.45, 7) is 4.58. The van der Waals surface area contributed by atoms with Crippen LogP contribution in [-0.4, -0.2) is 20.9 Å². The smallest absolute Gasteiger partial charge is 0.240 e. The van der Waals surface area contributed by atoms with E-state index in [9.17, 15) is 13.2 Å². The number of benzene rings is 1. The molecule has 0 saturated heterocycles. The summed E-state index contributed by atoms with van der Waals surface area (Å²) in [5.41, 5.74) is 0.632. The Balaban J connectivity index is 2.14. The quantitative estimate of drug-likeness (QED) is 0.300. The van der Waals surface area contributed by atoms with Crippen molar-refractivity contribution in [2.75, 3.05) is 11.9 Å². The fourth-order valence-corrected chi connectivity index (χ4v) is 4.34. The van der Waals surface area contributed by atoms with Gasteiger partial charge in [0.15, 0.2) is 0 Å². The van der Waals surface area contributed by atoms with Crippen molar-refractivity contribution in [1.82, 2.24) is 4.72 Å². The van der Waals surface area contributed by atoms with Gasteiger partial charge in [-0.25, -0.2) is 13.1 Å². The lowest BCUT2D eigenvalue weighted by Crippen LogP contribution is -2.24. The normalized spacial score (nSPS) is 11.5. The summed E-state index contributed by atoms with van der Waals surface area (Å²) < 4.78 is 26.6. The first kappa shape index (κ1) is 25.6. The Bertz CT molecular complexity index is 657. The molecular weight excluding hydrogens is 384 g/mol. The molecule has 0 unspecified atom stereocenters. The van der Waals surface area contributed by atoms with Crippen molar-refractivity contribution in [3.05, 3.63) is 24.3 Å². The minimum absolute atomic E-state index is 0.0133. The Kier molecular flexibility index (Phi) is 13.7. The van der Waals surface area contributed by atoms with Gasteiger partial charge < -0.3 is 5.32 Å². The van der Waals surface area contributed by atoms with Crippen molar-refractivity contribution in [3.63, 3.8) is 0 Å². The third-order valence-electron chi connectivity index (χ3n) is 5.00. The molecule has 166 valence electrons. The summed E-state index contributed by atoms with van der Waals surface area (Å²) in [7, 11) is -3.46. The predicted molar refractivity (Wildman–Crippen MR) is 122 cm³/mol. The number of carbonyl (C=O) groups excluding carboxylic acids is 1. The summed E-state index contributed by atoms with van der Waals surface area (Å²) in [5.74, 6) is -0.0133. The van der Waals surface area contributed by atoms with Crippen LogP contribution >= 0.6 is 0 Å². The first-order chi connectivity index (χ1) is 14.0. The first-order valence-electron chi connectivity index (χ1n) is 11.4. The van der Waals surface area contributed by atoms with E-state index in [-0.39, 0.29) is 10.8 Å². The van der Waals surface area contributed by atoms with Gasteiger partial charge in [-0.05, 0) is 37.1 Å². The van der Waals surface area contributed by atoms with Crippen LogP contribution in [0.5, 0.6) is 0 Å². The van der Waals surface area contributed by atoms with E-state index in [1.807, 2.05) is 6.92 Å². The third-order valence-corrected chi connectivity index (χ3v) is 6.47. The molecule has 0 aromatic heterocycles. The Morgan fingerprint density at radius 2 is 1.28 bits per heavy atom. The van der Waals surface area contributed by atoms with E-state index < -0.39 is 10.0 Å². The highest BCUT2D eigenvalue weighted by atomic mass is 32.2. The first-order valence-corrected chi connectivity index (χ1v) is 12.9. The summed E-state index contributed by atoms with van der Waals surface area (Å²) >= 11 is 0. The molecule has 0 saturated carbocycles. The van der Waals surface area contributed by atoms with Gasteiger partial charge in [0.2, 0.25) is 15.9 Å². The zero-order valence-electron chi connectivity index (χ0n) is 18.3. The monoisotopic (exact) mass is 424 g/mol. The predicted octanol–water partition coefficient (Wildman–Crippen LogP) is 6.01. The summed E-state index contributed by atoms with van der Waals surface area (Å²) in [5, 5.41) is 2.85. The van der Waals surface area contributed by atoms with Crippen LogP contribution in [0.4, 0.5) is 5.69 Å². The molecule has 0 radical (unpaired) electrons. The molecular formula is C23H40N2O3S. The number of unbranched alkanes of at least 4 members (excludes halogenated alkanes) is 10. The number of anilines is 1. The maximum absolute atomic E-state index is 12.1. The summed E-state index contributed by atoms with van der Waals surface area (Å²) in [4.78, 5) is 12.3. The average Bonchev–Trinajstić information content (AvgIpc) is 2.71. The van der Waals surface area contributed by atoms with Gasteiger partial charge in [-0.3, -0.25) is 4.79 Å². The minimum Gasteiger partial charge on any atom is -0.326 e. The maximum Gasteiger partial charge on any atom is 0.240 e. The van der Waals surface area contributed by atoms with E-state index in [1.54, 1.807) is 12.1 Å². The van der Waals surface area contributed by atoms with E-state index in [1.165, 1.54) is 69.9 Å². The summed E-state index contributed by atoms with van der Waals surface area (Å²) in [6.07, 6.45) is 15.1. The lowest BCUT2D eigenvalue weighted by atomic mass is 10.1. The molecule has 6 heteroatoms. The number of hydrogen-bond donors (Lipinski definition) is 2. The lowest BCUT2D eigenvalue weighted by molar-refractivity contribution is -0.116. The SMILES string of the molecule is CCCCCCCCCCCCCC(=O)Nc1ccc(S(=O)(=O)NCCC)cc1. The highest BCUT2D eigenvalue weighted by Crippen LogP contribution is 2.15. The van der Waals surface area contributed by atoms with Crippen LogP contribution < -0.4 is 10.0 Å². The molecule has 0 fully saturated rings. The number of hydrogen-bond acceptors (Lipinski definition) is 3. The van der Waals surface area contributed by atoms with Gasteiger partial charge >= 0.3 is 0 Å². The van der Waals surface area contributed by atoms with Gasteiger partial charge in [-0.1, -0.05) is 78.1 Å². The zero-order valence-corrected chi connectivity index (χ0v) is 19.2. The van der Waals surface area contributed by atoms with Crippen LogP contribution in [0.2, 0.25) is 0 Å². The second kappa shape index (κ2) is 15.4. The van der Waals surface area contributed by atoms with Crippen LogP contribution in [0.3, 0.4) is 0 Å². The zero-order chi connectivity index (χ0) is 21.4. The van der Waals surface area contributed by atoms with Crippen LogP contribution in [0, 0.1) is 0 Å². The Labute approximate surface area is 178 Å². The molecule has 29 heavy (non-hydrogen) atoms. The molecule has 1 aromatic carbocycles. The molecule has 1 aromatic rings. The van der Waals surface area contributed by atoms with Gasteiger partial charge in [0, 0.05) is 18.7 Å². The second-order valence-corrected chi connectivity index (χ2v) is 9.52. The van der Waals surface area contributed by atoms with E-state index in [4.69, 9.17) is 0 Å². The van der Waals surface area contributed by atoms with E-state index in [0.717, 1.165) is 19.3 Å². The highest BCUT2D eigenvalue weighted by molar-refractivity contribution is 7.89. The molecule has 1 amide bonds. The average molecular weight is 425 g/mol. The molecule has 0 aliphatic heterocycles. The van der Waals surface area contributed by atoms with Crippen molar-refractivity contribution in [3.8, 4) is 0 Å². The molecule has 0 atom stereocenters. The number of rotatable bonds is 17. The molecule has 1 rings (SSSR count). The highest BCUT2D eigenvalue weighted by Gasteiger charge is 2.12. The number of amides is 1. The molecule has 2 N–H and O–H groups in total. The van der Waals surface area contributed by atoms with Crippen molar-refractivity contribution >= 4 is 21.6 Å². The molecule has 0 aliphatic rings. The fraction of sp³-hybridized carbons (Fsp3) is 0.696. The number of sulfonamides is 1. The van der Waals surface area contributed by atoms with Gasteiger partial charge in [-0.2, -0.15) is 0 Å². The Hall–Kier alpha value is -1.40. The van der Waals surface area contributed by atoms with Gasteiger partial charge in [-0.15, -0.1) is 0 Å². The van der Waals surface area contributed by atoms with E-state index in [0.29, 0.717) is 18.7 Å². The van der Waals surface area contributed by atoms with E-state index >= 15 is 0 Å². The molecule has 0 aliphatic carbocycles. The minimum atomic E-state index is -3.46. The fourth-order valence-electron chi connectivity index (χ4n) is 3.21. The Morgan fingerprint density at radius 1 is 0.759 bits per heavy atom. The standard InChI is InChI=1S/C23H40N2O3S/c1-3-5-6-7-8-9-10-11-12-13-14-15-23(26)25-21-16-18-22(19-17-21)29(27,28)24-20-4-2/h16-19,24H,3-15,20H2,1-2H3,(H,25,26). The maximum atomic E-state index is 12.1. The van der Waals surface area contributed by atoms with Crippen molar-refractivity contribution < 1.29 is 13.2 Å². The van der Waals surface area contributed by atoms with Crippen LogP contribution in [0.1, 0.15) is 97.3 Å². The lowest BCUT2D eigenvalue weighted by Gasteiger charge is -2.08. The number of carbonyl (C=O) groups is 1. The molecule has 5 nitrogen and oxygen atoms in total. The van der Waals surface area contributed by atoms with Crippen molar-refractivity contribution in [1.29, 1.82) is 0 Å². The largest absolute Gasteiger partial charge is 0.326 e. The Morgan fingerprint density at radius 3 is 1.79 bits per heavy atom. The molecule has 0 spiro atoms. The van der Waals surface area contributed by atoms with Crippen LogP contribution in [0.15, 0.2) is 29.2 Å². The summed E-state index contributed by atoms with van der Waals surface area (Å²) in [6, 6.07) is 6.32. The topological polar surface area (TPSA) is 75.3 Å². The van der Waals surface area contributed by atoms with Crippen LogP contribution in [0.25, 0.3) is 0 Å². The van der Waals surface area contributed by atoms with Gasteiger partial charge in [0.25, 0.3) is 0 Å². The third kappa shape index (κ3) is 12.0. The van der Waals surface area contributed by atoms with Gasteiger partial charge in [0.1, 0.15) is 0 Å². The van der Waals surface area contributed by atoms with Crippen molar-refractivity contribution in [2.24, 2.45) is 0 Å².